The fourth-order valence-corrected chi connectivity index (χ4v) is 1.40. The van der Waals surface area contributed by atoms with Crippen LogP contribution in [0.1, 0.15) is 22.5 Å². The highest BCUT2D eigenvalue weighted by Crippen LogP contribution is 2.24. The molecular weight excluding hydrogens is 208 g/mol. The van der Waals surface area contributed by atoms with Crippen molar-refractivity contribution in [1.82, 2.24) is 0 Å². The molecule has 1 aliphatic rings. The number of carbonyl (C=O) groups excluding carboxylic acids is 1. The van der Waals surface area contributed by atoms with Crippen LogP contribution in [-0.2, 0) is 4.74 Å². The van der Waals surface area contributed by atoms with Crippen molar-refractivity contribution in [3.05, 3.63) is 29.7 Å². The first-order valence-corrected chi connectivity index (χ1v) is 4.87. The van der Waals surface area contributed by atoms with Crippen LogP contribution in [0.4, 0.5) is 5.88 Å². The molecule has 0 saturated carbocycles. The Hall–Kier alpha value is -2.04. The second-order valence-electron chi connectivity index (χ2n) is 3.35. The zero-order valence-electron chi connectivity index (χ0n) is 9.14. The Kier molecular flexibility index (Phi) is 2.76. The minimum Gasteiger partial charge on any atom is -0.483 e. The number of hydrogen-bond acceptors (Lipinski definition) is 5. The molecule has 1 aliphatic heterocycles. The lowest BCUT2D eigenvalue weighted by Crippen LogP contribution is -2.16. The summed E-state index contributed by atoms with van der Waals surface area (Å²) in [6.07, 6.45) is 5.10. The molecule has 2 rings (SSSR count). The normalized spacial score (nSPS) is 14.9. The Morgan fingerprint density at radius 3 is 3.06 bits per heavy atom. The van der Waals surface area contributed by atoms with Gasteiger partial charge in [-0.05, 0) is 6.92 Å². The minimum absolute atomic E-state index is 0.505. The topological polar surface area (TPSA) is 55.0 Å². The van der Waals surface area contributed by atoms with E-state index in [2.05, 4.69) is 5.10 Å². The number of aryl methyl sites for hydroxylation is 1. The van der Waals surface area contributed by atoms with Gasteiger partial charge in [0, 0.05) is 18.7 Å². The number of aldehydes is 1. The molecule has 0 aliphatic carbocycles. The van der Waals surface area contributed by atoms with Crippen LogP contribution < -0.4 is 5.01 Å². The second kappa shape index (κ2) is 4.22. The van der Waals surface area contributed by atoms with Crippen molar-refractivity contribution in [1.29, 1.82) is 0 Å². The van der Waals surface area contributed by atoms with Crippen molar-refractivity contribution in [2.45, 2.75) is 13.3 Å². The van der Waals surface area contributed by atoms with E-state index in [-0.39, 0.29) is 0 Å². The van der Waals surface area contributed by atoms with E-state index in [1.54, 1.807) is 31.3 Å². The average Bonchev–Trinajstić information content (AvgIpc) is 2.71. The number of rotatable bonds is 2. The molecule has 0 unspecified atom stereocenters. The van der Waals surface area contributed by atoms with Gasteiger partial charge in [-0.25, -0.2) is 5.01 Å². The third-order valence-corrected chi connectivity index (χ3v) is 2.29. The largest absolute Gasteiger partial charge is 0.483 e. The lowest BCUT2D eigenvalue weighted by Gasteiger charge is -2.16. The van der Waals surface area contributed by atoms with Gasteiger partial charge in [-0.15, -0.1) is 5.10 Å². The smallest absolute Gasteiger partial charge is 0.220 e. The van der Waals surface area contributed by atoms with E-state index in [0.29, 0.717) is 29.5 Å². The van der Waals surface area contributed by atoms with Gasteiger partial charge in [-0.3, -0.25) is 4.79 Å². The summed E-state index contributed by atoms with van der Waals surface area (Å²) >= 11 is 0. The summed E-state index contributed by atoms with van der Waals surface area (Å²) in [6, 6.07) is 1.65. The Morgan fingerprint density at radius 1 is 1.62 bits per heavy atom. The molecule has 16 heavy (non-hydrogen) atoms. The van der Waals surface area contributed by atoms with E-state index >= 15 is 0 Å². The molecule has 0 aromatic carbocycles. The van der Waals surface area contributed by atoms with E-state index in [0.717, 1.165) is 6.29 Å². The van der Waals surface area contributed by atoms with Crippen LogP contribution in [0.5, 0.6) is 0 Å². The summed E-state index contributed by atoms with van der Waals surface area (Å²) in [5, 5.41) is 5.73. The minimum atomic E-state index is 0.505. The number of carbonyl (C=O) groups is 1. The van der Waals surface area contributed by atoms with Crippen LogP contribution in [0.3, 0.4) is 0 Å². The maximum absolute atomic E-state index is 10.7. The van der Waals surface area contributed by atoms with E-state index in [4.69, 9.17) is 9.15 Å². The van der Waals surface area contributed by atoms with Gasteiger partial charge in [0.2, 0.25) is 11.8 Å². The van der Waals surface area contributed by atoms with Crippen molar-refractivity contribution < 1.29 is 13.9 Å². The van der Waals surface area contributed by atoms with Crippen molar-refractivity contribution in [2.75, 3.05) is 12.1 Å². The van der Waals surface area contributed by atoms with Gasteiger partial charge in [0.1, 0.15) is 5.76 Å². The monoisotopic (exact) mass is 220 g/mol. The van der Waals surface area contributed by atoms with Crippen LogP contribution in [0.15, 0.2) is 27.9 Å². The molecule has 0 atom stereocenters. The number of nitrogens with zero attached hydrogens (tertiary/aromatic N) is 2. The molecule has 0 amide bonds. The standard InChI is InChI=1S/C11H12N2O3/c1-8-9(7-14)6-11(16-8)13-5-3-4-10(12-13)15-2/h3,5-7H,4H2,1-2H3. The number of ether oxygens (including phenoxy) is 1. The van der Waals surface area contributed by atoms with Crippen LogP contribution in [0, 0.1) is 6.92 Å². The number of hydrogen-bond donors (Lipinski definition) is 0. The maximum Gasteiger partial charge on any atom is 0.220 e. The van der Waals surface area contributed by atoms with Gasteiger partial charge in [-0.1, -0.05) is 6.08 Å². The summed E-state index contributed by atoms with van der Waals surface area (Å²) in [5.41, 5.74) is 0.531. The van der Waals surface area contributed by atoms with Crippen LogP contribution in [0.2, 0.25) is 0 Å². The zero-order chi connectivity index (χ0) is 11.5. The number of hydrazone groups is 1. The Balaban J connectivity index is 2.29. The number of furan rings is 1. The zero-order valence-corrected chi connectivity index (χ0v) is 9.14. The Bertz CT molecular complexity index is 460. The van der Waals surface area contributed by atoms with E-state index in [1.807, 2.05) is 6.08 Å². The van der Waals surface area contributed by atoms with Crippen LogP contribution >= 0.6 is 0 Å². The highest BCUT2D eigenvalue weighted by molar-refractivity contribution is 5.81. The summed E-state index contributed by atoms with van der Waals surface area (Å²) in [4.78, 5) is 10.7. The first kappa shape index (κ1) is 10.5. The fraction of sp³-hybridized carbons (Fsp3) is 0.273. The summed E-state index contributed by atoms with van der Waals surface area (Å²) in [7, 11) is 1.57. The average molecular weight is 220 g/mol. The summed E-state index contributed by atoms with van der Waals surface area (Å²) in [5.74, 6) is 1.69. The summed E-state index contributed by atoms with van der Waals surface area (Å²) < 4.78 is 10.5. The third kappa shape index (κ3) is 1.84. The molecule has 5 nitrogen and oxygen atoms in total. The molecule has 1 aromatic rings. The molecule has 0 N–H and O–H groups in total. The van der Waals surface area contributed by atoms with Crippen molar-refractivity contribution in [2.24, 2.45) is 5.10 Å². The maximum atomic E-state index is 10.7. The molecule has 0 bridgehead atoms. The molecule has 0 saturated heterocycles. The number of anilines is 1. The van der Waals surface area contributed by atoms with Gasteiger partial charge in [0.25, 0.3) is 0 Å². The quantitative estimate of drug-likeness (QED) is 0.716. The molecule has 5 heteroatoms. The second-order valence-corrected chi connectivity index (χ2v) is 3.35. The molecular formula is C11H12N2O3. The van der Waals surface area contributed by atoms with Gasteiger partial charge in [0.15, 0.2) is 6.29 Å². The van der Waals surface area contributed by atoms with Gasteiger partial charge in [0.05, 0.1) is 12.7 Å². The van der Waals surface area contributed by atoms with E-state index < -0.39 is 0 Å². The SMILES string of the molecule is COC1=NN(c2cc(C=O)c(C)o2)C=CC1. The summed E-state index contributed by atoms with van der Waals surface area (Å²) in [6.45, 7) is 1.74. The Morgan fingerprint density at radius 2 is 2.44 bits per heavy atom. The van der Waals surface area contributed by atoms with E-state index in [1.165, 1.54) is 0 Å². The highest BCUT2D eigenvalue weighted by atomic mass is 16.5. The first-order valence-electron chi connectivity index (χ1n) is 4.87. The lowest BCUT2D eigenvalue weighted by atomic mass is 10.3. The van der Waals surface area contributed by atoms with Crippen molar-refractivity contribution in [3.8, 4) is 0 Å². The van der Waals surface area contributed by atoms with E-state index in [9.17, 15) is 4.79 Å². The molecule has 84 valence electrons. The first-order chi connectivity index (χ1) is 7.74. The molecule has 0 spiro atoms. The van der Waals surface area contributed by atoms with Crippen LogP contribution in [-0.4, -0.2) is 19.3 Å². The van der Waals surface area contributed by atoms with Crippen LogP contribution in [0.25, 0.3) is 0 Å². The lowest BCUT2D eigenvalue weighted by molar-refractivity contribution is 0.112. The van der Waals surface area contributed by atoms with Gasteiger partial charge >= 0.3 is 0 Å². The predicted molar refractivity (Wildman–Crippen MR) is 59.5 cm³/mol. The molecule has 1 aromatic heterocycles. The third-order valence-electron chi connectivity index (χ3n) is 2.29. The molecule has 0 fully saturated rings. The molecule has 0 radical (unpaired) electrons. The van der Waals surface area contributed by atoms with Crippen molar-refractivity contribution in [3.63, 3.8) is 0 Å². The number of methoxy groups -OCH3 is 1. The van der Waals surface area contributed by atoms with Gasteiger partial charge in [-0.2, -0.15) is 0 Å². The predicted octanol–water partition coefficient (Wildman–Crippen LogP) is 2.08. The van der Waals surface area contributed by atoms with Crippen molar-refractivity contribution >= 4 is 18.1 Å². The highest BCUT2D eigenvalue weighted by Gasteiger charge is 2.14. The van der Waals surface area contributed by atoms with Gasteiger partial charge < -0.3 is 9.15 Å². The Labute approximate surface area is 93.0 Å². The fourth-order valence-electron chi connectivity index (χ4n) is 1.40. The molecule has 2 heterocycles.